The van der Waals surface area contributed by atoms with Crippen LogP contribution in [0.25, 0.3) is 11.6 Å². The molecule has 1 aliphatic rings. The van der Waals surface area contributed by atoms with Gasteiger partial charge in [0.25, 0.3) is 11.8 Å². The number of hydrogen-bond acceptors (Lipinski definition) is 3. The number of carbonyl (C=O) groups excluding carboxylic acids is 2. The number of methoxy groups -OCH3 is 1. The number of amides is 2. The summed E-state index contributed by atoms with van der Waals surface area (Å²) in [5, 5.41) is 3.01. The number of anilines is 1. The highest BCUT2D eigenvalue weighted by Gasteiger charge is 2.21. The van der Waals surface area contributed by atoms with Gasteiger partial charge in [0.15, 0.2) is 0 Å². The summed E-state index contributed by atoms with van der Waals surface area (Å²) in [4.78, 5) is 28.7. The van der Waals surface area contributed by atoms with Gasteiger partial charge in [-0.2, -0.15) is 0 Å². The van der Waals surface area contributed by atoms with Gasteiger partial charge in [0, 0.05) is 18.7 Å². The maximum Gasteiger partial charge on any atom is 0.256 e. The summed E-state index contributed by atoms with van der Waals surface area (Å²) in [5.41, 5.74) is 3.24. The Kier molecular flexibility index (Phi) is 7.76. The lowest BCUT2D eigenvalue weighted by Gasteiger charge is -2.22. The minimum Gasteiger partial charge on any atom is -0.497 e. The van der Waals surface area contributed by atoms with Crippen molar-refractivity contribution in [3.63, 3.8) is 0 Å². The van der Waals surface area contributed by atoms with E-state index in [4.69, 9.17) is 4.74 Å². The van der Waals surface area contributed by atoms with E-state index in [2.05, 4.69) is 5.32 Å². The summed E-state index contributed by atoms with van der Waals surface area (Å²) >= 11 is 0. The van der Waals surface area contributed by atoms with Crippen molar-refractivity contribution in [3.05, 3.63) is 95.6 Å². The summed E-state index contributed by atoms with van der Waals surface area (Å²) in [6, 6.07) is 24.3. The molecule has 0 atom stereocenters. The van der Waals surface area contributed by atoms with Gasteiger partial charge in [0.05, 0.1) is 18.4 Å². The van der Waals surface area contributed by atoms with Crippen molar-refractivity contribution < 1.29 is 14.3 Å². The number of ether oxygens (including phenoxy) is 1. The second-order valence-corrected chi connectivity index (χ2v) is 8.40. The third-order valence-corrected chi connectivity index (χ3v) is 6.06. The van der Waals surface area contributed by atoms with Gasteiger partial charge in [-0.3, -0.25) is 9.59 Å². The van der Waals surface area contributed by atoms with Crippen LogP contribution in [0.5, 0.6) is 5.75 Å². The van der Waals surface area contributed by atoms with Crippen LogP contribution < -0.4 is 10.1 Å². The molecule has 0 spiro atoms. The summed E-state index contributed by atoms with van der Waals surface area (Å²) < 4.78 is 5.24. The maximum absolute atomic E-state index is 13.5. The van der Waals surface area contributed by atoms with Crippen LogP contribution in [0.4, 0.5) is 5.69 Å². The lowest BCUT2D eigenvalue weighted by atomic mass is 10.0. The van der Waals surface area contributed by atoms with E-state index in [9.17, 15) is 9.59 Å². The summed E-state index contributed by atoms with van der Waals surface area (Å²) in [6.45, 7) is 1.52. The van der Waals surface area contributed by atoms with Crippen molar-refractivity contribution in [2.45, 2.75) is 25.7 Å². The molecule has 174 valence electrons. The quantitative estimate of drug-likeness (QED) is 0.373. The number of para-hydroxylation sites is 1. The number of nitrogens with zero attached hydrogens (tertiary/aromatic N) is 1. The number of likely N-dealkylation sites (tertiary alicyclic amines) is 1. The van der Waals surface area contributed by atoms with Gasteiger partial charge >= 0.3 is 0 Å². The van der Waals surface area contributed by atoms with Crippen molar-refractivity contribution in [2.24, 2.45) is 0 Å². The molecule has 1 N–H and O–H groups in total. The van der Waals surface area contributed by atoms with Gasteiger partial charge in [0.1, 0.15) is 5.75 Å². The summed E-state index contributed by atoms with van der Waals surface area (Å²) in [7, 11) is 1.62. The van der Waals surface area contributed by atoms with Crippen LogP contribution in [0.3, 0.4) is 0 Å². The van der Waals surface area contributed by atoms with Crippen LogP contribution in [0, 0.1) is 0 Å². The van der Waals surface area contributed by atoms with Crippen molar-refractivity contribution >= 4 is 29.2 Å². The molecule has 0 bridgehead atoms. The van der Waals surface area contributed by atoms with Gasteiger partial charge in [-0.15, -0.1) is 0 Å². The molecule has 0 radical (unpaired) electrons. The van der Waals surface area contributed by atoms with Crippen LogP contribution >= 0.6 is 0 Å². The second kappa shape index (κ2) is 11.3. The Hall–Kier alpha value is -3.86. The molecule has 5 heteroatoms. The smallest absolute Gasteiger partial charge is 0.256 e. The molecular weight excluding hydrogens is 424 g/mol. The molecule has 0 unspecified atom stereocenters. The van der Waals surface area contributed by atoms with Gasteiger partial charge in [-0.1, -0.05) is 67.4 Å². The Morgan fingerprint density at radius 3 is 2.15 bits per heavy atom. The van der Waals surface area contributed by atoms with E-state index >= 15 is 0 Å². The highest BCUT2D eigenvalue weighted by atomic mass is 16.5. The normalized spacial score (nSPS) is 14.3. The molecule has 1 aliphatic heterocycles. The lowest BCUT2D eigenvalue weighted by Crippen LogP contribution is -2.32. The van der Waals surface area contributed by atoms with Crippen molar-refractivity contribution in [3.8, 4) is 5.75 Å². The molecular formula is C29H30N2O3. The molecule has 34 heavy (non-hydrogen) atoms. The zero-order chi connectivity index (χ0) is 23.8. The highest BCUT2D eigenvalue weighted by molar-refractivity contribution is 6.29. The zero-order valence-corrected chi connectivity index (χ0v) is 19.5. The molecule has 1 saturated heterocycles. The molecule has 5 nitrogen and oxygen atoms in total. The Morgan fingerprint density at radius 2 is 1.47 bits per heavy atom. The molecule has 3 aromatic carbocycles. The fraction of sp³-hybridized carbons (Fsp3) is 0.241. The SMILES string of the molecule is COc1ccc(/C=C(/C(=O)Nc2ccccc2C(=O)N2CCCCCC2)c2ccccc2)cc1. The summed E-state index contributed by atoms with van der Waals surface area (Å²) in [6.07, 6.45) is 6.19. The van der Waals surface area contributed by atoms with Crippen LogP contribution in [-0.4, -0.2) is 36.9 Å². The van der Waals surface area contributed by atoms with E-state index in [1.165, 1.54) is 0 Å². The van der Waals surface area contributed by atoms with Crippen LogP contribution in [0.15, 0.2) is 78.9 Å². The largest absolute Gasteiger partial charge is 0.497 e. The molecule has 1 fully saturated rings. The van der Waals surface area contributed by atoms with Crippen LogP contribution in [0.1, 0.15) is 47.2 Å². The van der Waals surface area contributed by atoms with E-state index in [0.29, 0.717) is 16.8 Å². The maximum atomic E-state index is 13.5. The lowest BCUT2D eigenvalue weighted by molar-refractivity contribution is -0.111. The predicted octanol–water partition coefficient (Wildman–Crippen LogP) is 5.89. The van der Waals surface area contributed by atoms with E-state index < -0.39 is 0 Å². The average Bonchev–Trinajstić information content (AvgIpc) is 3.18. The van der Waals surface area contributed by atoms with Crippen LogP contribution in [0.2, 0.25) is 0 Å². The molecule has 2 amide bonds. The fourth-order valence-electron chi connectivity index (χ4n) is 4.18. The Labute approximate surface area is 201 Å². The van der Waals surface area contributed by atoms with Crippen LogP contribution in [-0.2, 0) is 4.79 Å². The van der Waals surface area contributed by atoms with Gasteiger partial charge in [-0.25, -0.2) is 0 Å². The Bertz CT molecular complexity index is 1150. The standard InChI is InChI=1S/C29H30N2O3/c1-34-24-17-15-22(16-18-24)21-26(23-11-5-4-6-12-23)28(32)30-27-14-8-7-13-25(27)29(33)31-19-9-2-3-10-20-31/h4-8,11-18,21H,2-3,9-10,19-20H2,1H3,(H,30,32)/b26-21+. The molecule has 0 aliphatic carbocycles. The monoisotopic (exact) mass is 454 g/mol. The number of nitrogens with one attached hydrogen (secondary N) is 1. The van der Waals surface area contributed by atoms with Crippen molar-refractivity contribution in [1.82, 2.24) is 4.90 Å². The van der Waals surface area contributed by atoms with Crippen molar-refractivity contribution in [2.75, 3.05) is 25.5 Å². The zero-order valence-electron chi connectivity index (χ0n) is 19.5. The van der Waals surface area contributed by atoms with Gasteiger partial charge in [0.2, 0.25) is 0 Å². The highest BCUT2D eigenvalue weighted by Crippen LogP contribution is 2.25. The number of carbonyl (C=O) groups is 2. The Balaban J connectivity index is 1.63. The fourth-order valence-corrected chi connectivity index (χ4v) is 4.18. The van der Waals surface area contributed by atoms with E-state index in [1.807, 2.05) is 77.7 Å². The van der Waals surface area contributed by atoms with Gasteiger partial charge < -0.3 is 15.0 Å². The first-order valence-corrected chi connectivity index (χ1v) is 11.8. The first-order chi connectivity index (χ1) is 16.7. The third-order valence-electron chi connectivity index (χ3n) is 6.06. The molecule has 3 aromatic rings. The molecule has 4 rings (SSSR count). The Morgan fingerprint density at radius 1 is 0.824 bits per heavy atom. The van der Waals surface area contributed by atoms with E-state index in [1.54, 1.807) is 19.2 Å². The van der Waals surface area contributed by atoms with Crippen molar-refractivity contribution in [1.29, 1.82) is 0 Å². The third kappa shape index (κ3) is 5.73. The second-order valence-electron chi connectivity index (χ2n) is 8.40. The van der Waals surface area contributed by atoms with Gasteiger partial charge in [-0.05, 0) is 54.3 Å². The average molecular weight is 455 g/mol. The minimum atomic E-state index is -0.266. The molecule has 1 heterocycles. The number of benzene rings is 3. The number of rotatable bonds is 6. The first-order valence-electron chi connectivity index (χ1n) is 11.8. The van der Waals surface area contributed by atoms with E-state index in [0.717, 1.165) is 55.6 Å². The topological polar surface area (TPSA) is 58.6 Å². The summed E-state index contributed by atoms with van der Waals surface area (Å²) in [5.74, 6) is 0.458. The first kappa shape index (κ1) is 23.3. The molecule has 0 saturated carbocycles. The van der Waals surface area contributed by atoms with E-state index in [-0.39, 0.29) is 11.8 Å². The number of hydrogen-bond donors (Lipinski definition) is 1. The minimum absolute atomic E-state index is 0.0294. The predicted molar refractivity (Wildman–Crippen MR) is 137 cm³/mol. The molecule has 0 aromatic heterocycles.